The smallest absolute Gasteiger partial charge is 0.293 e. The van der Waals surface area contributed by atoms with Gasteiger partial charge in [0.2, 0.25) is 0 Å². The minimum atomic E-state index is -0.537. The molecule has 1 fully saturated rings. The summed E-state index contributed by atoms with van der Waals surface area (Å²) in [6, 6.07) is 9.91. The standard InChI is InChI=1S/C20H16F2N2O3S/c1-12-10-14(6-7-15(12)21)18(25)23-8-9-24-19(26)17(28-20(24)27)11-13-4-2-3-5-16(13)22/h2-7,10-11H,8-9H2,1H3,(H,23,25)/b17-11-. The lowest BCUT2D eigenvalue weighted by Crippen LogP contribution is -2.37. The zero-order valence-corrected chi connectivity index (χ0v) is 15.7. The first kappa shape index (κ1) is 19.8. The van der Waals surface area contributed by atoms with E-state index in [0.29, 0.717) is 5.56 Å². The number of rotatable bonds is 5. The van der Waals surface area contributed by atoms with E-state index in [-0.39, 0.29) is 29.1 Å². The Morgan fingerprint density at radius 1 is 1.14 bits per heavy atom. The molecule has 0 saturated carbocycles. The Bertz CT molecular complexity index is 991. The number of nitrogens with zero attached hydrogens (tertiary/aromatic N) is 1. The van der Waals surface area contributed by atoms with Crippen LogP contribution in [0.25, 0.3) is 6.08 Å². The van der Waals surface area contributed by atoms with Gasteiger partial charge in [-0.3, -0.25) is 19.3 Å². The van der Waals surface area contributed by atoms with Crippen LogP contribution in [0.2, 0.25) is 0 Å². The summed E-state index contributed by atoms with van der Waals surface area (Å²) < 4.78 is 27.0. The molecule has 0 radical (unpaired) electrons. The van der Waals surface area contributed by atoms with E-state index in [1.54, 1.807) is 13.0 Å². The molecule has 1 saturated heterocycles. The Balaban J connectivity index is 1.61. The van der Waals surface area contributed by atoms with E-state index in [1.165, 1.54) is 42.5 Å². The van der Waals surface area contributed by atoms with E-state index >= 15 is 0 Å². The van der Waals surface area contributed by atoms with Crippen LogP contribution < -0.4 is 5.32 Å². The van der Waals surface area contributed by atoms with Crippen molar-refractivity contribution in [2.24, 2.45) is 0 Å². The van der Waals surface area contributed by atoms with Crippen LogP contribution in [0, 0.1) is 18.6 Å². The average molecular weight is 402 g/mol. The Labute approximate surface area is 164 Å². The predicted molar refractivity (Wildman–Crippen MR) is 103 cm³/mol. The van der Waals surface area contributed by atoms with Crippen molar-refractivity contribution < 1.29 is 23.2 Å². The molecule has 144 valence electrons. The molecule has 0 bridgehead atoms. The van der Waals surface area contributed by atoms with Gasteiger partial charge >= 0.3 is 0 Å². The summed E-state index contributed by atoms with van der Waals surface area (Å²) in [6.07, 6.45) is 1.33. The second-order valence-corrected chi connectivity index (χ2v) is 7.07. The van der Waals surface area contributed by atoms with Gasteiger partial charge in [0.05, 0.1) is 4.91 Å². The van der Waals surface area contributed by atoms with E-state index in [1.807, 2.05) is 0 Å². The summed E-state index contributed by atoms with van der Waals surface area (Å²) in [4.78, 5) is 37.7. The first-order chi connectivity index (χ1) is 13.4. The average Bonchev–Trinajstić information content (AvgIpc) is 2.93. The third-order valence-electron chi connectivity index (χ3n) is 4.11. The van der Waals surface area contributed by atoms with Gasteiger partial charge in [-0.2, -0.15) is 0 Å². The second kappa shape index (κ2) is 8.35. The van der Waals surface area contributed by atoms with Crippen molar-refractivity contribution in [3.63, 3.8) is 0 Å². The molecule has 0 aliphatic carbocycles. The molecule has 1 aliphatic heterocycles. The fourth-order valence-corrected chi connectivity index (χ4v) is 3.45. The maximum atomic E-state index is 13.7. The summed E-state index contributed by atoms with van der Waals surface area (Å²) in [5, 5.41) is 2.10. The van der Waals surface area contributed by atoms with E-state index in [0.717, 1.165) is 16.7 Å². The van der Waals surface area contributed by atoms with Crippen LogP contribution in [-0.2, 0) is 4.79 Å². The van der Waals surface area contributed by atoms with E-state index in [2.05, 4.69) is 5.32 Å². The maximum absolute atomic E-state index is 13.7. The van der Waals surface area contributed by atoms with Crippen LogP contribution in [0.1, 0.15) is 21.5 Å². The van der Waals surface area contributed by atoms with Gasteiger partial charge in [0.25, 0.3) is 17.1 Å². The number of hydrogen-bond acceptors (Lipinski definition) is 4. The van der Waals surface area contributed by atoms with E-state index in [9.17, 15) is 23.2 Å². The van der Waals surface area contributed by atoms with Gasteiger partial charge in [-0.15, -0.1) is 0 Å². The van der Waals surface area contributed by atoms with Crippen LogP contribution in [0.5, 0.6) is 0 Å². The number of thioether (sulfide) groups is 1. The summed E-state index contributed by atoms with van der Waals surface area (Å²) in [5.41, 5.74) is 0.845. The molecule has 5 nitrogen and oxygen atoms in total. The van der Waals surface area contributed by atoms with Crippen molar-refractivity contribution in [1.29, 1.82) is 0 Å². The number of nitrogens with one attached hydrogen (secondary N) is 1. The number of carbonyl (C=O) groups is 3. The Morgan fingerprint density at radius 2 is 1.89 bits per heavy atom. The first-order valence-electron chi connectivity index (χ1n) is 8.41. The minimum Gasteiger partial charge on any atom is -0.350 e. The molecule has 28 heavy (non-hydrogen) atoms. The van der Waals surface area contributed by atoms with E-state index < -0.39 is 28.7 Å². The molecular weight excluding hydrogens is 386 g/mol. The molecule has 1 heterocycles. The summed E-state index contributed by atoms with van der Waals surface area (Å²) in [6.45, 7) is 1.57. The van der Waals surface area contributed by atoms with Crippen molar-refractivity contribution >= 4 is 34.9 Å². The highest BCUT2D eigenvalue weighted by Crippen LogP contribution is 2.32. The third kappa shape index (κ3) is 4.28. The zero-order chi connectivity index (χ0) is 20.3. The molecule has 2 aromatic carbocycles. The van der Waals surface area contributed by atoms with Crippen molar-refractivity contribution in [2.45, 2.75) is 6.92 Å². The Kier molecular flexibility index (Phi) is 5.89. The van der Waals surface area contributed by atoms with Crippen molar-refractivity contribution in [2.75, 3.05) is 13.1 Å². The van der Waals surface area contributed by atoms with E-state index in [4.69, 9.17) is 0 Å². The molecule has 3 rings (SSSR count). The quantitative estimate of drug-likeness (QED) is 0.774. The summed E-state index contributed by atoms with van der Waals surface area (Å²) >= 11 is 0.722. The van der Waals surface area contributed by atoms with Gasteiger partial charge in [0.15, 0.2) is 0 Å². The Hall–Kier alpha value is -3.00. The number of carbonyl (C=O) groups excluding carboxylic acids is 3. The lowest BCUT2D eigenvalue weighted by Gasteiger charge is -2.13. The molecule has 1 N–H and O–H groups in total. The SMILES string of the molecule is Cc1cc(C(=O)NCCN2C(=O)S/C(=C\c3ccccc3F)C2=O)ccc1F. The lowest BCUT2D eigenvalue weighted by atomic mass is 10.1. The number of imide groups is 1. The molecule has 8 heteroatoms. The van der Waals surface area contributed by atoms with Gasteiger partial charge in [0.1, 0.15) is 11.6 Å². The maximum Gasteiger partial charge on any atom is 0.293 e. The molecule has 0 spiro atoms. The number of hydrogen-bond donors (Lipinski definition) is 1. The molecule has 0 aromatic heterocycles. The van der Waals surface area contributed by atoms with Gasteiger partial charge < -0.3 is 5.32 Å². The van der Waals surface area contributed by atoms with Crippen molar-refractivity contribution in [3.8, 4) is 0 Å². The molecular formula is C20H16F2N2O3S. The zero-order valence-electron chi connectivity index (χ0n) is 14.9. The number of amides is 3. The fraction of sp³-hybridized carbons (Fsp3) is 0.150. The second-order valence-electron chi connectivity index (χ2n) is 6.07. The van der Waals surface area contributed by atoms with Crippen molar-refractivity contribution in [1.82, 2.24) is 10.2 Å². The van der Waals surface area contributed by atoms with Crippen LogP contribution in [-0.4, -0.2) is 35.0 Å². The summed E-state index contributed by atoms with van der Waals surface area (Å²) in [5.74, 6) is -1.87. The highest BCUT2D eigenvalue weighted by molar-refractivity contribution is 8.18. The topological polar surface area (TPSA) is 66.5 Å². The van der Waals surface area contributed by atoms with Gasteiger partial charge in [-0.05, 0) is 54.6 Å². The fourth-order valence-electron chi connectivity index (χ4n) is 2.60. The predicted octanol–water partition coefficient (Wildman–Crippen LogP) is 3.74. The van der Waals surface area contributed by atoms with Crippen LogP contribution in [0.15, 0.2) is 47.4 Å². The number of aryl methyl sites for hydroxylation is 1. The van der Waals surface area contributed by atoms with Crippen LogP contribution >= 0.6 is 11.8 Å². The monoisotopic (exact) mass is 402 g/mol. The lowest BCUT2D eigenvalue weighted by molar-refractivity contribution is -0.122. The van der Waals surface area contributed by atoms with Crippen LogP contribution in [0.3, 0.4) is 0 Å². The molecule has 0 unspecified atom stereocenters. The minimum absolute atomic E-state index is 0.0226. The van der Waals surface area contributed by atoms with Gasteiger partial charge in [0, 0.05) is 24.2 Å². The van der Waals surface area contributed by atoms with Gasteiger partial charge in [-0.25, -0.2) is 8.78 Å². The largest absolute Gasteiger partial charge is 0.350 e. The molecule has 2 aromatic rings. The highest BCUT2D eigenvalue weighted by atomic mass is 32.2. The number of halogens is 2. The molecule has 3 amide bonds. The normalized spacial score (nSPS) is 15.4. The molecule has 1 aliphatic rings. The molecule has 0 atom stereocenters. The van der Waals surface area contributed by atoms with Gasteiger partial charge in [-0.1, -0.05) is 18.2 Å². The Morgan fingerprint density at radius 3 is 2.61 bits per heavy atom. The number of benzene rings is 2. The van der Waals surface area contributed by atoms with Crippen LogP contribution in [0.4, 0.5) is 13.6 Å². The third-order valence-corrected chi connectivity index (χ3v) is 5.01. The van der Waals surface area contributed by atoms with Crippen molar-refractivity contribution in [3.05, 3.63) is 75.7 Å². The highest BCUT2D eigenvalue weighted by Gasteiger charge is 2.34. The summed E-state index contributed by atoms with van der Waals surface area (Å²) in [7, 11) is 0. The first-order valence-corrected chi connectivity index (χ1v) is 9.22.